The number of hydrogen-bond donors (Lipinski definition) is 3. The number of hydrogen-bond acceptors (Lipinski definition) is 5. The SMILES string of the molecule is CCCCCCN(C(=O)C(CO)NC(=O)OC(C)(C)C)C(C(=O)NC1CCCCC1)c1ccc(CC)cc1. The normalized spacial score (nSPS) is 15.8. The zero-order valence-electron chi connectivity index (χ0n) is 24.1. The summed E-state index contributed by atoms with van der Waals surface area (Å²) in [6, 6.07) is 5.77. The molecule has 2 atom stereocenters. The second kappa shape index (κ2) is 15.7. The van der Waals surface area contributed by atoms with Crippen molar-refractivity contribution in [1.29, 1.82) is 0 Å². The quantitative estimate of drug-likeness (QED) is 0.309. The molecule has 1 aromatic carbocycles. The number of rotatable bonds is 13. The average Bonchev–Trinajstić information content (AvgIpc) is 2.88. The Morgan fingerprint density at radius 2 is 1.68 bits per heavy atom. The van der Waals surface area contributed by atoms with Crippen LogP contribution in [0, 0.1) is 0 Å². The van der Waals surface area contributed by atoms with Gasteiger partial charge in [-0.25, -0.2) is 4.79 Å². The van der Waals surface area contributed by atoms with Crippen LogP contribution in [0.5, 0.6) is 0 Å². The Morgan fingerprint density at radius 1 is 1.03 bits per heavy atom. The minimum Gasteiger partial charge on any atom is -0.444 e. The second-order valence-corrected chi connectivity index (χ2v) is 11.3. The third kappa shape index (κ3) is 10.3. The Balaban J connectivity index is 2.40. The van der Waals surface area contributed by atoms with Crippen LogP contribution in [0.4, 0.5) is 4.79 Å². The van der Waals surface area contributed by atoms with E-state index in [1.54, 1.807) is 20.8 Å². The molecule has 0 bridgehead atoms. The summed E-state index contributed by atoms with van der Waals surface area (Å²) in [5, 5.41) is 15.8. The molecule has 1 aromatic rings. The van der Waals surface area contributed by atoms with E-state index in [2.05, 4.69) is 24.5 Å². The van der Waals surface area contributed by atoms with Crippen LogP contribution < -0.4 is 10.6 Å². The third-order valence-corrected chi connectivity index (χ3v) is 6.92. The lowest BCUT2D eigenvalue weighted by atomic mass is 9.94. The second-order valence-electron chi connectivity index (χ2n) is 11.3. The van der Waals surface area contributed by atoms with Gasteiger partial charge in [-0.1, -0.05) is 76.6 Å². The molecule has 1 aliphatic carbocycles. The van der Waals surface area contributed by atoms with Gasteiger partial charge in [0.1, 0.15) is 17.7 Å². The molecule has 1 fully saturated rings. The van der Waals surface area contributed by atoms with Crippen LogP contribution in [0.1, 0.15) is 110 Å². The first-order valence-corrected chi connectivity index (χ1v) is 14.4. The summed E-state index contributed by atoms with van der Waals surface area (Å²) in [5.74, 6) is -0.725. The van der Waals surface area contributed by atoms with E-state index in [0.717, 1.165) is 56.9 Å². The fourth-order valence-corrected chi connectivity index (χ4v) is 4.85. The van der Waals surface area contributed by atoms with Crippen LogP contribution in [-0.4, -0.2) is 58.8 Å². The first kappa shape index (κ1) is 31.6. The number of carbonyl (C=O) groups excluding carboxylic acids is 3. The average molecular weight is 532 g/mol. The summed E-state index contributed by atoms with van der Waals surface area (Å²) < 4.78 is 5.32. The van der Waals surface area contributed by atoms with Crippen molar-refractivity contribution in [2.24, 2.45) is 0 Å². The Kier molecular flexibility index (Phi) is 13.1. The summed E-state index contributed by atoms with van der Waals surface area (Å²) >= 11 is 0. The lowest BCUT2D eigenvalue weighted by molar-refractivity contribution is -0.143. The van der Waals surface area contributed by atoms with Crippen molar-refractivity contribution >= 4 is 17.9 Å². The molecule has 3 amide bonds. The number of ether oxygens (including phenoxy) is 1. The highest BCUT2D eigenvalue weighted by atomic mass is 16.6. The number of aliphatic hydroxyl groups excluding tert-OH is 1. The van der Waals surface area contributed by atoms with Crippen LogP contribution in [-0.2, 0) is 20.7 Å². The molecule has 1 saturated carbocycles. The van der Waals surface area contributed by atoms with E-state index < -0.39 is 36.3 Å². The molecule has 1 aliphatic rings. The maximum Gasteiger partial charge on any atom is 0.408 e. The van der Waals surface area contributed by atoms with Crippen molar-refractivity contribution in [3.8, 4) is 0 Å². The molecular formula is C30H49N3O5. The van der Waals surface area contributed by atoms with E-state index in [0.29, 0.717) is 18.5 Å². The molecule has 2 rings (SSSR count). The number of alkyl carbamates (subject to hydrolysis) is 1. The van der Waals surface area contributed by atoms with Crippen LogP contribution in [0.15, 0.2) is 24.3 Å². The first-order chi connectivity index (χ1) is 18.1. The largest absolute Gasteiger partial charge is 0.444 e. The highest BCUT2D eigenvalue weighted by Gasteiger charge is 2.36. The topological polar surface area (TPSA) is 108 Å². The molecule has 214 valence electrons. The van der Waals surface area contributed by atoms with Crippen LogP contribution >= 0.6 is 0 Å². The number of aliphatic hydroxyl groups is 1. The number of carbonyl (C=O) groups is 3. The van der Waals surface area contributed by atoms with Gasteiger partial charge in [0.25, 0.3) is 0 Å². The van der Waals surface area contributed by atoms with E-state index in [9.17, 15) is 19.5 Å². The Labute approximate surface area is 228 Å². The zero-order chi connectivity index (χ0) is 28.1. The highest BCUT2D eigenvalue weighted by Crippen LogP contribution is 2.26. The van der Waals surface area contributed by atoms with Crippen molar-refractivity contribution in [2.45, 2.75) is 123 Å². The molecule has 2 unspecified atom stereocenters. The number of aryl methyl sites for hydroxylation is 1. The molecule has 8 nitrogen and oxygen atoms in total. The summed E-state index contributed by atoms with van der Waals surface area (Å²) in [6.07, 6.45) is 8.94. The number of nitrogens with zero attached hydrogens (tertiary/aromatic N) is 1. The summed E-state index contributed by atoms with van der Waals surface area (Å²) in [4.78, 5) is 41.7. The van der Waals surface area contributed by atoms with Gasteiger partial charge >= 0.3 is 6.09 Å². The van der Waals surface area contributed by atoms with Gasteiger partial charge in [-0.3, -0.25) is 9.59 Å². The lowest BCUT2D eigenvalue weighted by Gasteiger charge is -2.35. The molecule has 38 heavy (non-hydrogen) atoms. The van der Waals surface area contributed by atoms with Crippen LogP contribution in [0.25, 0.3) is 0 Å². The lowest BCUT2D eigenvalue weighted by Crippen LogP contribution is -2.55. The van der Waals surface area contributed by atoms with Crippen molar-refractivity contribution in [2.75, 3.05) is 13.2 Å². The molecule has 0 aliphatic heterocycles. The molecule has 0 heterocycles. The molecule has 3 N–H and O–H groups in total. The first-order valence-electron chi connectivity index (χ1n) is 14.4. The molecule has 0 aromatic heterocycles. The van der Waals surface area contributed by atoms with E-state index >= 15 is 0 Å². The Morgan fingerprint density at radius 3 is 2.24 bits per heavy atom. The van der Waals surface area contributed by atoms with E-state index in [-0.39, 0.29) is 11.9 Å². The zero-order valence-corrected chi connectivity index (χ0v) is 24.1. The summed E-state index contributed by atoms with van der Waals surface area (Å²) in [7, 11) is 0. The fraction of sp³-hybridized carbons (Fsp3) is 0.700. The monoisotopic (exact) mass is 531 g/mol. The van der Waals surface area contributed by atoms with E-state index in [1.165, 1.54) is 11.3 Å². The molecule has 0 spiro atoms. The van der Waals surface area contributed by atoms with Crippen molar-refractivity contribution in [3.05, 3.63) is 35.4 Å². The number of unbranched alkanes of at least 4 members (excludes halogenated alkanes) is 3. The maximum absolute atomic E-state index is 13.9. The predicted octanol–water partition coefficient (Wildman–Crippen LogP) is 5.03. The van der Waals surface area contributed by atoms with Crippen LogP contribution in [0.3, 0.4) is 0 Å². The Bertz CT molecular complexity index is 875. The van der Waals surface area contributed by atoms with Gasteiger partial charge < -0.3 is 25.4 Å². The van der Waals surface area contributed by atoms with E-state index in [4.69, 9.17) is 4.74 Å². The number of amides is 3. The van der Waals surface area contributed by atoms with Gasteiger partial charge in [0, 0.05) is 12.6 Å². The maximum atomic E-state index is 13.9. The predicted molar refractivity (Wildman–Crippen MR) is 150 cm³/mol. The summed E-state index contributed by atoms with van der Waals surface area (Å²) in [5.41, 5.74) is 1.10. The van der Waals surface area contributed by atoms with Gasteiger partial charge in [0.15, 0.2) is 0 Å². The fourth-order valence-electron chi connectivity index (χ4n) is 4.85. The van der Waals surface area contributed by atoms with Gasteiger partial charge in [0.05, 0.1) is 6.61 Å². The van der Waals surface area contributed by atoms with Gasteiger partial charge in [-0.15, -0.1) is 0 Å². The van der Waals surface area contributed by atoms with Gasteiger partial charge in [-0.05, 0) is 57.6 Å². The standard InChI is InChI=1S/C30H49N3O5/c1-6-8-9-13-20-33(28(36)25(21-34)32-29(37)38-30(3,4)5)26(23-18-16-22(7-2)17-19-23)27(35)31-24-14-11-10-12-15-24/h16-19,24-26,34H,6-15,20-21H2,1-5H3,(H,31,35)(H,32,37). The summed E-state index contributed by atoms with van der Waals surface area (Å²) in [6.45, 7) is 9.11. The van der Waals surface area contributed by atoms with Crippen molar-refractivity contribution < 1.29 is 24.2 Å². The highest BCUT2D eigenvalue weighted by molar-refractivity contribution is 5.92. The molecule has 0 radical (unpaired) electrons. The third-order valence-electron chi connectivity index (χ3n) is 6.92. The molecular weight excluding hydrogens is 482 g/mol. The molecule has 8 heteroatoms. The minimum absolute atomic E-state index is 0.0826. The minimum atomic E-state index is -1.23. The smallest absolute Gasteiger partial charge is 0.408 e. The van der Waals surface area contributed by atoms with Crippen molar-refractivity contribution in [3.63, 3.8) is 0 Å². The van der Waals surface area contributed by atoms with Gasteiger partial charge in [-0.2, -0.15) is 0 Å². The molecule has 0 saturated heterocycles. The number of benzene rings is 1. The number of nitrogens with one attached hydrogen (secondary N) is 2. The van der Waals surface area contributed by atoms with Gasteiger partial charge in [0.2, 0.25) is 11.8 Å². The van der Waals surface area contributed by atoms with Crippen molar-refractivity contribution in [1.82, 2.24) is 15.5 Å². The Hall–Kier alpha value is -2.61. The van der Waals surface area contributed by atoms with E-state index in [1.807, 2.05) is 24.3 Å². The van der Waals surface area contributed by atoms with Crippen LogP contribution in [0.2, 0.25) is 0 Å².